The minimum Gasteiger partial charge on any atom is -0.494 e. The molecular weight excluding hydrogens is 564 g/mol. The molecule has 2 aromatic rings. The molecule has 13 heteroatoms. The van der Waals surface area contributed by atoms with Crippen molar-refractivity contribution < 1.29 is 33.1 Å². The fraction of sp³-hybridized carbons (Fsp3) is 0.483. The summed E-state index contributed by atoms with van der Waals surface area (Å²) in [5.74, 6) is 0.890. The van der Waals surface area contributed by atoms with Gasteiger partial charge in [-0.05, 0) is 64.3 Å². The van der Waals surface area contributed by atoms with Crippen LogP contribution in [0.1, 0.15) is 52.9 Å². The first-order chi connectivity index (χ1) is 20.1. The van der Waals surface area contributed by atoms with E-state index in [4.69, 9.17) is 41.5 Å². The van der Waals surface area contributed by atoms with Crippen LogP contribution < -0.4 is 25.3 Å². The molecule has 12 nitrogen and oxygen atoms in total. The van der Waals surface area contributed by atoms with Gasteiger partial charge in [0.2, 0.25) is 12.2 Å². The van der Waals surface area contributed by atoms with Gasteiger partial charge >= 0.3 is 12.2 Å². The summed E-state index contributed by atoms with van der Waals surface area (Å²) in [5, 5.41) is 12.2. The highest BCUT2D eigenvalue weighted by molar-refractivity contribution is 6.30. The van der Waals surface area contributed by atoms with E-state index >= 15 is 0 Å². The van der Waals surface area contributed by atoms with Crippen LogP contribution in [0.2, 0.25) is 5.02 Å². The van der Waals surface area contributed by atoms with Gasteiger partial charge in [0.25, 0.3) is 6.73 Å². The number of unbranched alkanes of at least 4 members (excludes halogenated alkanes) is 3. The Kier molecular flexibility index (Phi) is 14.8. The van der Waals surface area contributed by atoms with Gasteiger partial charge in [0.15, 0.2) is 12.4 Å². The van der Waals surface area contributed by atoms with Crippen molar-refractivity contribution in [1.82, 2.24) is 5.32 Å². The SMILES string of the molecule is CC(C)(C)OC(=O)NCCCOC(=O)OC[n+]1ccc(N(CCCCCCOc2ccc(Cl)cc2)C(N)=NC#N)cc1. The predicted molar refractivity (Wildman–Crippen MR) is 158 cm³/mol. The summed E-state index contributed by atoms with van der Waals surface area (Å²) in [7, 11) is 0. The van der Waals surface area contributed by atoms with E-state index in [2.05, 4.69) is 10.3 Å². The molecule has 0 fully saturated rings. The number of pyridine rings is 1. The summed E-state index contributed by atoms with van der Waals surface area (Å²) >= 11 is 5.89. The van der Waals surface area contributed by atoms with Gasteiger partial charge in [-0.15, -0.1) is 4.99 Å². The number of nitrogens with zero attached hydrogens (tertiary/aromatic N) is 4. The highest BCUT2D eigenvalue weighted by atomic mass is 35.5. The topological polar surface area (TPSA) is 152 Å². The number of aliphatic imine (C=N–C) groups is 1. The molecule has 0 aliphatic carbocycles. The summed E-state index contributed by atoms with van der Waals surface area (Å²) in [5.41, 5.74) is 6.21. The van der Waals surface area contributed by atoms with E-state index in [1.165, 1.54) is 0 Å². The number of halogens is 1. The van der Waals surface area contributed by atoms with Crippen LogP contribution in [0.15, 0.2) is 53.8 Å². The fourth-order valence-electron chi connectivity index (χ4n) is 3.55. The molecular formula is C29H40ClN6O6+. The minimum atomic E-state index is -0.825. The fourth-order valence-corrected chi connectivity index (χ4v) is 3.68. The predicted octanol–water partition coefficient (Wildman–Crippen LogP) is 4.89. The van der Waals surface area contributed by atoms with Crippen molar-refractivity contribution in [3.05, 3.63) is 53.8 Å². The van der Waals surface area contributed by atoms with Crippen LogP contribution in [0, 0.1) is 11.5 Å². The molecule has 0 atom stereocenters. The number of amides is 1. The van der Waals surface area contributed by atoms with Gasteiger partial charge in [-0.25, -0.2) is 9.59 Å². The number of guanidine groups is 1. The Balaban J connectivity index is 1.70. The third-order valence-electron chi connectivity index (χ3n) is 5.53. The van der Waals surface area contributed by atoms with Crippen molar-refractivity contribution in [2.75, 3.05) is 31.2 Å². The number of anilines is 1. The van der Waals surface area contributed by atoms with Gasteiger partial charge in [0, 0.05) is 30.2 Å². The lowest BCUT2D eigenvalue weighted by molar-refractivity contribution is -0.727. The quantitative estimate of drug-likeness (QED) is 0.0723. The molecule has 1 heterocycles. The number of rotatable bonds is 15. The van der Waals surface area contributed by atoms with Crippen LogP contribution in [0.25, 0.3) is 0 Å². The lowest BCUT2D eigenvalue weighted by Crippen LogP contribution is -2.40. The Morgan fingerprint density at radius 2 is 1.71 bits per heavy atom. The molecule has 42 heavy (non-hydrogen) atoms. The van der Waals surface area contributed by atoms with Gasteiger partial charge in [-0.3, -0.25) is 0 Å². The lowest BCUT2D eigenvalue weighted by Gasteiger charge is -2.22. The van der Waals surface area contributed by atoms with Crippen molar-refractivity contribution in [3.63, 3.8) is 0 Å². The Hall–Kier alpha value is -4.24. The largest absolute Gasteiger partial charge is 0.513 e. The van der Waals surface area contributed by atoms with E-state index in [1.807, 2.05) is 12.1 Å². The molecule has 3 N–H and O–H groups in total. The van der Waals surface area contributed by atoms with E-state index in [0.717, 1.165) is 37.1 Å². The van der Waals surface area contributed by atoms with Crippen molar-refractivity contribution in [2.24, 2.45) is 10.7 Å². The molecule has 1 aromatic heterocycles. The van der Waals surface area contributed by atoms with Crippen LogP contribution in [-0.2, 0) is 20.9 Å². The number of ether oxygens (including phenoxy) is 4. The Morgan fingerprint density at radius 3 is 2.38 bits per heavy atom. The first kappa shape index (κ1) is 34.0. The number of nitrogens with two attached hydrogens (primary N) is 1. The summed E-state index contributed by atoms with van der Waals surface area (Å²) < 4.78 is 22.6. The molecule has 0 bridgehead atoms. The highest BCUT2D eigenvalue weighted by Crippen LogP contribution is 2.17. The normalized spacial score (nSPS) is 11.3. The van der Waals surface area contributed by atoms with Crippen molar-refractivity contribution >= 4 is 35.5 Å². The number of hydrogen-bond donors (Lipinski definition) is 2. The molecule has 0 aliphatic heterocycles. The smallest absolute Gasteiger partial charge is 0.494 e. The molecule has 1 aromatic carbocycles. The first-order valence-electron chi connectivity index (χ1n) is 13.7. The molecule has 0 saturated heterocycles. The van der Waals surface area contributed by atoms with E-state index < -0.39 is 17.8 Å². The Morgan fingerprint density at radius 1 is 1.02 bits per heavy atom. The molecule has 0 unspecified atom stereocenters. The molecule has 0 radical (unpaired) electrons. The third-order valence-corrected chi connectivity index (χ3v) is 5.78. The van der Waals surface area contributed by atoms with Crippen molar-refractivity contribution in [2.45, 2.75) is 65.2 Å². The first-order valence-corrected chi connectivity index (χ1v) is 14.1. The second kappa shape index (κ2) is 18.2. The average Bonchev–Trinajstić information content (AvgIpc) is 2.94. The molecule has 0 aliphatic rings. The van der Waals surface area contributed by atoms with Gasteiger partial charge in [0.1, 0.15) is 11.4 Å². The Bertz CT molecular complexity index is 1180. The molecule has 0 saturated carbocycles. The van der Waals surface area contributed by atoms with Crippen LogP contribution in [0.4, 0.5) is 15.3 Å². The monoisotopic (exact) mass is 603 g/mol. The van der Waals surface area contributed by atoms with Gasteiger partial charge < -0.3 is 34.9 Å². The third kappa shape index (κ3) is 14.4. The summed E-state index contributed by atoms with van der Waals surface area (Å²) in [6, 6.07) is 10.9. The number of alkyl carbamates (subject to hydrolysis) is 1. The maximum absolute atomic E-state index is 11.9. The zero-order chi connectivity index (χ0) is 30.8. The number of nitriles is 1. The maximum atomic E-state index is 11.9. The Labute approximate surface area is 252 Å². The van der Waals surface area contributed by atoms with Gasteiger partial charge in [-0.1, -0.05) is 24.4 Å². The number of nitrogens with one attached hydrogen (secondary N) is 1. The standard InChI is InChI=1S/C29H39ClN6O6/c1-29(2,3)42-27(37)33-15-8-20-40-28(38)41-22-35-17-13-24(14-18-35)36(26(32)34-21-31)16-6-4-5-7-19-39-25-11-9-23(30)10-12-25/h9-14,17-18H,4-8,15-16,19-20,22H2,1-3H3,(H2-,32,33,34,37)/p+1. The van der Waals surface area contributed by atoms with Gasteiger partial charge in [-0.2, -0.15) is 9.83 Å². The van der Waals surface area contributed by atoms with Crippen molar-refractivity contribution in [1.29, 1.82) is 5.26 Å². The second-order valence-electron chi connectivity index (χ2n) is 10.2. The lowest BCUT2D eigenvalue weighted by atomic mass is 10.2. The van der Waals surface area contributed by atoms with E-state index in [9.17, 15) is 9.59 Å². The van der Waals surface area contributed by atoms with E-state index in [1.54, 1.807) is 73.1 Å². The van der Waals surface area contributed by atoms with Crippen molar-refractivity contribution in [3.8, 4) is 11.9 Å². The number of carbonyl (C=O) groups is 2. The minimum absolute atomic E-state index is 0.0604. The number of carbonyl (C=O) groups excluding carboxylic acids is 2. The summed E-state index contributed by atoms with van der Waals surface area (Å²) in [4.78, 5) is 28.9. The van der Waals surface area contributed by atoms with E-state index in [-0.39, 0.29) is 19.3 Å². The number of aromatic nitrogens is 1. The van der Waals surface area contributed by atoms with Crippen LogP contribution in [-0.4, -0.2) is 50.1 Å². The molecule has 0 spiro atoms. The molecule has 1 amide bonds. The van der Waals surface area contributed by atoms with Crippen LogP contribution >= 0.6 is 11.6 Å². The number of benzene rings is 1. The van der Waals surface area contributed by atoms with Gasteiger partial charge in [0.05, 0.1) is 18.9 Å². The zero-order valence-corrected chi connectivity index (χ0v) is 25.1. The van der Waals surface area contributed by atoms with Crippen LogP contribution in [0.3, 0.4) is 0 Å². The zero-order valence-electron chi connectivity index (χ0n) is 24.4. The molecule has 2 rings (SSSR count). The highest BCUT2D eigenvalue weighted by Gasteiger charge is 2.16. The van der Waals surface area contributed by atoms with Crippen LogP contribution in [0.5, 0.6) is 5.75 Å². The summed E-state index contributed by atoms with van der Waals surface area (Å²) in [6.07, 6.45) is 7.88. The second-order valence-corrected chi connectivity index (χ2v) is 10.6. The molecule has 228 valence electrons. The summed E-state index contributed by atoms with van der Waals surface area (Å²) in [6.45, 7) is 6.83. The number of hydrogen-bond acceptors (Lipinski definition) is 8. The van der Waals surface area contributed by atoms with E-state index in [0.29, 0.717) is 31.1 Å². The average molecular weight is 604 g/mol. The maximum Gasteiger partial charge on any atom is 0.513 e.